The van der Waals surface area contributed by atoms with Gasteiger partial charge in [-0.05, 0) is 48.4 Å². The Balaban J connectivity index is 1.23. The van der Waals surface area contributed by atoms with E-state index in [1.165, 1.54) is 99.9 Å². The molecule has 1 aliphatic heterocycles. The summed E-state index contributed by atoms with van der Waals surface area (Å²) < 4.78 is 80.7. The number of nitrogens with two attached hydrogens (primary N) is 1. The second-order valence-electron chi connectivity index (χ2n) is 15.7. The van der Waals surface area contributed by atoms with E-state index in [0.717, 1.165) is 44.1 Å². The van der Waals surface area contributed by atoms with E-state index in [0.29, 0.717) is 17.8 Å². The minimum atomic E-state index is -4.88. The Morgan fingerprint density at radius 2 is 1.57 bits per heavy atom. The number of rotatable bonds is 30. The molecular formula is C42H64FN4O11PS. The van der Waals surface area contributed by atoms with Crippen LogP contribution in [-0.4, -0.2) is 90.2 Å². The van der Waals surface area contributed by atoms with Crippen molar-refractivity contribution in [2.75, 3.05) is 38.4 Å². The van der Waals surface area contributed by atoms with Gasteiger partial charge < -0.3 is 35.1 Å². The summed E-state index contributed by atoms with van der Waals surface area (Å²) in [6, 6.07) is 9.78. The Bertz CT molecular complexity index is 1960. The minimum Gasteiger partial charge on any atom is -0.397 e. The number of unbranched alkanes of at least 4 members (excludes halogenated alkanes) is 15. The zero-order valence-electron chi connectivity index (χ0n) is 35.0. The van der Waals surface area contributed by atoms with E-state index in [-0.39, 0.29) is 29.4 Å². The number of aromatic nitrogens is 2. The molecule has 4 rings (SSSR count). The number of nitrogen functional groups attached to an aromatic ring is 1. The molecule has 0 bridgehead atoms. The molecule has 1 unspecified atom stereocenters. The standard InChI is InChI=1S/C42H64FN4O11PS/c1-3-4-5-6-7-8-9-10-11-12-13-14-15-16-17-18-23-54-28-34(55-27-32-24-33(43)26-35(25-32)60(2,52)53)29-56-59(50,51)57-30-38-40(48)41(49)42(31-44,58-38)39-20-19-37-36(45)21-22-46-47(37)39/h19-22,24-26,34,38,40-41,48-49H,3-18,23,27-30,45H2,1-2H3,(H,50,51)/t34-,38-,40-,41-,42+/m1/s1. The topological polar surface area (TPSA) is 225 Å². The fourth-order valence-electron chi connectivity index (χ4n) is 7.26. The van der Waals surface area contributed by atoms with Gasteiger partial charge in [0.15, 0.2) is 9.84 Å². The molecule has 1 aromatic carbocycles. The van der Waals surface area contributed by atoms with Crippen LogP contribution in [0.4, 0.5) is 10.1 Å². The Labute approximate surface area is 353 Å². The molecule has 0 aliphatic carbocycles. The lowest BCUT2D eigenvalue weighted by Crippen LogP contribution is -2.41. The Morgan fingerprint density at radius 1 is 0.950 bits per heavy atom. The molecule has 5 N–H and O–H groups in total. The molecule has 2 aromatic heterocycles. The van der Waals surface area contributed by atoms with Crippen LogP contribution in [0.15, 0.2) is 47.5 Å². The summed E-state index contributed by atoms with van der Waals surface area (Å²) in [5.41, 5.74) is 4.94. The molecule has 1 fully saturated rings. The highest BCUT2D eigenvalue weighted by atomic mass is 32.2. The van der Waals surface area contributed by atoms with Gasteiger partial charge in [0.2, 0.25) is 5.60 Å². The molecule has 0 saturated carbocycles. The summed E-state index contributed by atoms with van der Waals surface area (Å²) in [6.45, 7) is 1.02. The van der Waals surface area contributed by atoms with Crippen molar-refractivity contribution < 1.29 is 55.7 Å². The van der Waals surface area contributed by atoms with Crippen molar-refractivity contribution in [3.05, 3.63) is 59.7 Å². The Hall–Kier alpha value is -3.01. The van der Waals surface area contributed by atoms with Crippen LogP contribution < -0.4 is 5.73 Å². The average molecular weight is 883 g/mol. The minimum absolute atomic E-state index is 0.0713. The first-order valence-electron chi connectivity index (χ1n) is 21.2. The molecule has 1 saturated heterocycles. The van der Waals surface area contributed by atoms with Crippen molar-refractivity contribution >= 4 is 28.9 Å². The third-order valence-corrected chi connectivity index (χ3v) is 12.8. The van der Waals surface area contributed by atoms with Crippen molar-refractivity contribution in [1.29, 1.82) is 5.26 Å². The summed E-state index contributed by atoms with van der Waals surface area (Å²) in [4.78, 5) is 10.4. The van der Waals surface area contributed by atoms with Gasteiger partial charge in [-0.3, -0.25) is 9.05 Å². The molecule has 60 heavy (non-hydrogen) atoms. The molecule has 0 amide bonds. The van der Waals surface area contributed by atoms with Gasteiger partial charge in [0.25, 0.3) is 0 Å². The molecule has 0 spiro atoms. The number of anilines is 1. The largest absolute Gasteiger partial charge is 0.472 e. The SMILES string of the molecule is CCCCCCCCCCCCCCCCCCOC[C@H](COP(=O)(O)OC[C@H]1O[C@@](C#N)(c2ccc3c(N)ccnn23)[C@H](O)[C@@H]1O)OCc1cc(F)cc(S(C)(=O)=O)c1. The fourth-order valence-corrected chi connectivity index (χ4v) is 8.72. The number of ether oxygens (including phenoxy) is 3. The van der Waals surface area contributed by atoms with Gasteiger partial charge in [0.05, 0.1) is 48.2 Å². The Morgan fingerprint density at radius 3 is 2.17 bits per heavy atom. The number of fused-ring (bicyclic) bond motifs is 1. The van der Waals surface area contributed by atoms with E-state index >= 15 is 0 Å². The highest BCUT2D eigenvalue weighted by Crippen LogP contribution is 2.46. The number of aliphatic hydroxyl groups is 2. The first-order valence-corrected chi connectivity index (χ1v) is 24.6. The number of hydrogen-bond donors (Lipinski definition) is 4. The van der Waals surface area contributed by atoms with Crippen LogP contribution in [0, 0.1) is 17.1 Å². The maximum absolute atomic E-state index is 14.3. The van der Waals surface area contributed by atoms with Crippen LogP contribution in [0.3, 0.4) is 0 Å². The van der Waals surface area contributed by atoms with Gasteiger partial charge >= 0.3 is 7.82 Å². The third kappa shape index (κ3) is 15.1. The van der Waals surface area contributed by atoms with Crippen LogP contribution in [0.1, 0.15) is 121 Å². The number of aliphatic hydroxyl groups excluding tert-OH is 2. The van der Waals surface area contributed by atoms with E-state index in [4.69, 9.17) is 29.0 Å². The number of nitriles is 1. The average Bonchev–Trinajstić information content (AvgIpc) is 3.76. The predicted molar refractivity (Wildman–Crippen MR) is 224 cm³/mol. The summed E-state index contributed by atoms with van der Waals surface area (Å²) in [5, 5.41) is 36.2. The summed E-state index contributed by atoms with van der Waals surface area (Å²) in [7, 11) is -8.59. The van der Waals surface area contributed by atoms with Crippen molar-refractivity contribution in [1.82, 2.24) is 9.61 Å². The molecule has 18 heteroatoms. The number of sulfone groups is 1. The van der Waals surface area contributed by atoms with Crippen LogP contribution in [0.25, 0.3) is 5.52 Å². The lowest BCUT2D eigenvalue weighted by atomic mass is 9.92. The van der Waals surface area contributed by atoms with E-state index in [1.54, 1.807) is 12.1 Å². The number of hydrogen-bond acceptors (Lipinski definition) is 13. The second-order valence-corrected chi connectivity index (χ2v) is 19.1. The molecule has 15 nitrogen and oxygen atoms in total. The van der Waals surface area contributed by atoms with Crippen LogP contribution in [-0.2, 0) is 49.9 Å². The molecule has 3 aromatic rings. The summed E-state index contributed by atoms with van der Waals surface area (Å²) in [6.07, 6.45) is 16.2. The number of benzene rings is 1. The highest BCUT2D eigenvalue weighted by Gasteiger charge is 2.58. The molecule has 1 aliphatic rings. The zero-order valence-corrected chi connectivity index (χ0v) is 36.7. The van der Waals surface area contributed by atoms with Crippen molar-refractivity contribution in [2.45, 2.75) is 151 Å². The van der Waals surface area contributed by atoms with E-state index in [2.05, 4.69) is 12.0 Å². The van der Waals surface area contributed by atoms with Crippen LogP contribution in [0.5, 0.6) is 0 Å². The number of nitrogens with zero attached hydrogens (tertiary/aromatic N) is 3. The van der Waals surface area contributed by atoms with E-state index in [9.17, 15) is 37.7 Å². The number of phosphoric ester groups is 1. The van der Waals surface area contributed by atoms with E-state index in [1.807, 2.05) is 6.07 Å². The fraction of sp³-hybridized carbons (Fsp3) is 0.667. The lowest BCUT2D eigenvalue weighted by Gasteiger charge is -2.24. The molecule has 0 radical (unpaired) electrons. The van der Waals surface area contributed by atoms with Gasteiger partial charge in [-0.15, -0.1) is 0 Å². The first kappa shape index (κ1) is 49.6. The van der Waals surface area contributed by atoms with Gasteiger partial charge in [-0.25, -0.2) is 21.9 Å². The second kappa shape index (κ2) is 24.6. The van der Waals surface area contributed by atoms with Gasteiger partial charge in [-0.1, -0.05) is 103 Å². The lowest BCUT2D eigenvalue weighted by molar-refractivity contribution is -0.0690. The summed E-state index contributed by atoms with van der Waals surface area (Å²) in [5.74, 6) is -0.773. The third-order valence-electron chi connectivity index (χ3n) is 10.7. The number of phosphoric acid groups is 1. The highest BCUT2D eigenvalue weighted by molar-refractivity contribution is 7.90. The zero-order chi connectivity index (χ0) is 43.6. The first-order chi connectivity index (χ1) is 28.7. The van der Waals surface area contributed by atoms with Crippen LogP contribution >= 0.6 is 7.82 Å². The predicted octanol–water partition coefficient (Wildman–Crippen LogP) is 7.30. The maximum Gasteiger partial charge on any atom is 0.472 e. The molecular weight excluding hydrogens is 819 g/mol. The van der Waals surface area contributed by atoms with Crippen molar-refractivity contribution in [3.8, 4) is 6.07 Å². The van der Waals surface area contributed by atoms with Gasteiger partial charge in [-0.2, -0.15) is 10.4 Å². The van der Waals surface area contributed by atoms with E-state index < -0.39 is 66.7 Å². The molecule has 3 heterocycles. The van der Waals surface area contributed by atoms with Crippen molar-refractivity contribution in [2.24, 2.45) is 0 Å². The molecule has 6 atom stereocenters. The van der Waals surface area contributed by atoms with Crippen LogP contribution in [0.2, 0.25) is 0 Å². The molecule has 336 valence electrons. The number of halogens is 1. The monoisotopic (exact) mass is 882 g/mol. The van der Waals surface area contributed by atoms with Gasteiger partial charge in [0.1, 0.15) is 36.3 Å². The van der Waals surface area contributed by atoms with Gasteiger partial charge in [0, 0.05) is 19.1 Å². The normalized spacial score (nSPS) is 21.0. The maximum atomic E-state index is 14.3. The van der Waals surface area contributed by atoms with Crippen molar-refractivity contribution in [3.63, 3.8) is 0 Å². The summed E-state index contributed by atoms with van der Waals surface area (Å²) >= 11 is 0. The smallest absolute Gasteiger partial charge is 0.397 e. The quantitative estimate of drug-likeness (QED) is 0.0381. The Kier molecular flexibility index (Phi) is 20.3.